The highest BCUT2D eigenvalue weighted by atomic mass is 19.4. The third kappa shape index (κ3) is 4.07. The Hall–Kier alpha value is -2.35. The van der Waals surface area contributed by atoms with Crippen LogP contribution in [0.5, 0.6) is 0 Å². The van der Waals surface area contributed by atoms with E-state index in [0.29, 0.717) is 13.0 Å². The maximum atomic E-state index is 13.8. The minimum atomic E-state index is -4.96. The van der Waals surface area contributed by atoms with Crippen LogP contribution in [0, 0.1) is 0 Å². The minimum absolute atomic E-state index is 0.315. The zero-order valence-corrected chi connectivity index (χ0v) is 14.9. The number of rotatable bonds is 7. The zero-order valence-electron chi connectivity index (χ0n) is 14.9. The fourth-order valence-electron chi connectivity index (χ4n) is 2.68. The third-order valence-corrected chi connectivity index (χ3v) is 4.10. The summed E-state index contributed by atoms with van der Waals surface area (Å²) in [7, 11) is 2.71. The number of nitrogens with zero attached hydrogens (tertiary/aromatic N) is 2. The Kier molecular flexibility index (Phi) is 6.07. The monoisotopic (exact) mass is 371 g/mol. The van der Waals surface area contributed by atoms with Gasteiger partial charge in [0.25, 0.3) is 5.60 Å². The van der Waals surface area contributed by atoms with Crippen molar-refractivity contribution in [1.29, 1.82) is 0 Å². The van der Waals surface area contributed by atoms with Gasteiger partial charge in [-0.15, -0.1) is 0 Å². The molecule has 0 bridgehead atoms. The Morgan fingerprint density at radius 3 is 2.42 bits per heavy atom. The number of aromatic nitrogens is 2. The highest BCUT2D eigenvalue weighted by Gasteiger charge is 2.64. The van der Waals surface area contributed by atoms with Crippen molar-refractivity contribution in [3.8, 4) is 0 Å². The van der Waals surface area contributed by atoms with Crippen LogP contribution in [-0.4, -0.2) is 29.9 Å². The predicted molar refractivity (Wildman–Crippen MR) is 87.0 cm³/mol. The lowest BCUT2D eigenvalue weighted by molar-refractivity contribution is -0.671. The van der Waals surface area contributed by atoms with Gasteiger partial charge in [-0.1, -0.05) is 30.3 Å². The van der Waals surface area contributed by atoms with E-state index in [1.54, 1.807) is 13.0 Å². The van der Waals surface area contributed by atoms with E-state index in [1.165, 1.54) is 24.3 Å². The maximum Gasteiger partial charge on any atom is 0.432 e. The summed E-state index contributed by atoms with van der Waals surface area (Å²) in [6, 6.07) is 6.78. The van der Waals surface area contributed by atoms with Crippen LogP contribution in [0.3, 0.4) is 0 Å². The van der Waals surface area contributed by atoms with Crippen LogP contribution in [-0.2, 0) is 33.5 Å². The van der Waals surface area contributed by atoms with Crippen LogP contribution in [0.25, 0.3) is 0 Å². The number of imidazole rings is 1. The van der Waals surface area contributed by atoms with Crippen molar-refractivity contribution in [2.75, 3.05) is 7.11 Å². The number of ether oxygens (including phenoxy) is 2. The number of esters is 1. The van der Waals surface area contributed by atoms with Gasteiger partial charge in [-0.05, 0) is 6.92 Å². The van der Waals surface area contributed by atoms with E-state index in [2.05, 4.69) is 0 Å². The molecule has 0 aliphatic heterocycles. The summed E-state index contributed by atoms with van der Waals surface area (Å²) in [5.41, 5.74) is -3.47. The molecule has 2 aromatic rings. The van der Waals surface area contributed by atoms with E-state index in [9.17, 15) is 18.0 Å². The zero-order chi connectivity index (χ0) is 19.4. The van der Waals surface area contributed by atoms with E-state index < -0.39 is 23.9 Å². The normalized spacial score (nSPS) is 15.3. The molecule has 0 unspecified atom stereocenters. The number of methoxy groups -OCH3 is 1. The standard InChI is InChI=1S/C18H22F3N2O3/c1-14(9-10-23-12-11-22(2)13-23)26-16(24)17(25-3,18(19,20)21)15-7-5-4-6-8-15/h4-8,11-14H,9-10H2,1-3H3/q+1/t14-,17+/m0/s1. The van der Waals surface area contributed by atoms with Gasteiger partial charge in [0, 0.05) is 19.1 Å². The topological polar surface area (TPSA) is 44.3 Å². The molecule has 0 saturated heterocycles. The molecule has 0 radical (unpaired) electrons. The average molecular weight is 371 g/mol. The van der Waals surface area contributed by atoms with Crippen molar-refractivity contribution >= 4 is 5.97 Å². The second-order valence-electron chi connectivity index (χ2n) is 6.07. The number of aryl methyl sites for hydroxylation is 2. The molecule has 2 rings (SSSR count). The Labute approximate surface area is 150 Å². The SMILES string of the molecule is CO[C@@](C(=O)O[C@@H](C)CCn1cc[n+](C)c1)(c1ccccc1)C(F)(F)F. The molecule has 0 aliphatic carbocycles. The highest BCUT2D eigenvalue weighted by molar-refractivity contribution is 5.82. The number of carbonyl (C=O) groups is 1. The number of hydrogen-bond acceptors (Lipinski definition) is 3. The highest BCUT2D eigenvalue weighted by Crippen LogP contribution is 2.43. The van der Waals surface area contributed by atoms with E-state index in [1.807, 2.05) is 34.9 Å². The Balaban J connectivity index is 2.16. The first-order valence-electron chi connectivity index (χ1n) is 8.10. The summed E-state index contributed by atoms with van der Waals surface area (Å²) in [4.78, 5) is 12.5. The maximum absolute atomic E-state index is 13.8. The summed E-state index contributed by atoms with van der Waals surface area (Å²) in [6.07, 6.45) is 0.185. The molecule has 142 valence electrons. The average Bonchev–Trinajstić information content (AvgIpc) is 2.99. The summed E-state index contributed by atoms with van der Waals surface area (Å²) >= 11 is 0. The van der Waals surface area contributed by atoms with Gasteiger partial charge in [-0.25, -0.2) is 13.9 Å². The molecule has 0 aliphatic rings. The Morgan fingerprint density at radius 2 is 1.92 bits per heavy atom. The first-order valence-corrected chi connectivity index (χ1v) is 8.10. The molecule has 5 nitrogen and oxygen atoms in total. The number of hydrogen-bond donors (Lipinski definition) is 0. The van der Waals surface area contributed by atoms with Gasteiger partial charge in [0.2, 0.25) is 6.33 Å². The number of benzene rings is 1. The number of alkyl halides is 3. The van der Waals surface area contributed by atoms with Crippen molar-refractivity contribution in [3.05, 3.63) is 54.6 Å². The largest absolute Gasteiger partial charge is 0.460 e. The lowest BCUT2D eigenvalue weighted by Gasteiger charge is -2.33. The summed E-state index contributed by atoms with van der Waals surface area (Å²) < 4.78 is 54.9. The molecule has 0 N–H and O–H groups in total. The van der Waals surface area contributed by atoms with Gasteiger partial charge in [0.05, 0.1) is 13.6 Å². The molecule has 26 heavy (non-hydrogen) atoms. The molecule has 8 heteroatoms. The molecule has 1 heterocycles. The van der Waals surface area contributed by atoms with E-state index in [4.69, 9.17) is 9.47 Å². The van der Waals surface area contributed by atoms with Crippen molar-refractivity contribution in [2.24, 2.45) is 7.05 Å². The lowest BCUT2D eigenvalue weighted by atomic mass is 9.92. The Bertz CT molecular complexity index is 731. The summed E-state index contributed by atoms with van der Waals surface area (Å²) in [5.74, 6) is -1.47. The fourth-order valence-corrected chi connectivity index (χ4v) is 2.68. The molecule has 2 atom stereocenters. The van der Waals surface area contributed by atoms with E-state index in [0.717, 1.165) is 7.11 Å². The van der Waals surface area contributed by atoms with Crippen LogP contribution in [0.2, 0.25) is 0 Å². The minimum Gasteiger partial charge on any atom is -0.460 e. The van der Waals surface area contributed by atoms with Crippen LogP contribution in [0.15, 0.2) is 49.1 Å². The van der Waals surface area contributed by atoms with Crippen LogP contribution >= 0.6 is 0 Å². The van der Waals surface area contributed by atoms with Crippen LogP contribution in [0.1, 0.15) is 18.9 Å². The van der Waals surface area contributed by atoms with Crippen LogP contribution < -0.4 is 4.57 Å². The number of carbonyl (C=O) groups excluding carboxylic acids is 1. The third-order valence-electron chi connectivity index (χ3n) is 4.10. The molecular formula is C18H22F3N2O3+. The molecule has 0 spiro atoms. The van der Waals surface area contributed by atoms with Gasteiger partial charge in [0.1, 0.15) is 18.5 Å². The van der Waals surface area contributed by atoms with Crippen molar-refractivity contribution in [3.63, 3.8) is 0 Å². The van der Waals surface area contributed by atoms with Gasteiger partial charge in [-0.2, -0.15) is 13.2 Å². The fraction of sp³-hybridized carbons (Fsp3) is 0.444. The van der Waals surface area contributed by atoms with E-state index >= 15 is 0 Å². The first-order chi connectivity index (χ1) is 12.2. The molecule has 0 fully saturated rings. The molecule has 1 aromatic carbocycles. The van der Waals surface area contributed by atoms with Gasteiger partial charge >= 0.3 is 12.1 Å². The number of halogens is 3. The van der Waals surface area contributed by atoms with E-state index in [-0.39, 0.29) is 5.56 Å². The molecular weight excluding hydrogens is 349 g/mol. The van der Waals surface area contributed by atoms with Gasteiger partial charge < -0.3 is 9.47 Å². The Morgan fingerprint density at radius 1 is 1.27 bits per heavy atom. The van der Waals surface area contributed by atoms with Gasteiger partial charge in [0.15, 0.2) is 0 Å². The predicted octanol–water partition coefficient (Wildman–Crippen LogP) is 2.74. The van der Waals surface area contributed by atoms with Gasteiger partial charge in [-0.3, -0.25) is 0 Å². The molecule has 0 amide bonds. The summed E-state index contributed by atoms with van der Waals surface area (Å²) in [6.45, 7) is 2.07. The summed E-state index contributed by atoms with van der Waals surface area (Å²) in [5, 5.41) is 0. The van der Waals surface area contributed by atoms with Crippen molar-refractivity contribution < 1.29 is 32.0 Å². The first kappa shape index (κ1) is 20.0. The second kappa shape index (κ2) is 7.90. The second-order valence-corrected chi connectivity index (χ2v) is 6.07. The smallest absolute Gasteiger partial charge is 0.432 e. The quantitative estimate of drug-likeness (QED) is 0.555. The lowest BCUT2D eigenvalue weighted by Crippen LogP contribution is -2.52. The van der Waals surface area contributed by atoms with Crippen molar-refractivity contribution in [2.45, 2.75) is 37.8 Å². The molecule has 0 saturated carbocycles. The van der Waals surface area contributed by atoms with Crippen LogP contribution in [0.4, 0.5) is 13.2 Å². The molecule has 1 aromatic heterocycles. The van der Waals surface area contributed by atoms with Crippen molar-refractivity contribution in [1.82, 2.24) is 4.57 Å².